The molecule has 2 heteroatoms. The van der Waals surface area contributed by atoms with Gasteiger partial charge in [-0.25, -0.2) is 0 Å². The van der Waals surface area contributed by atoms with Crippen molar-refractivity contribution in [1.82, 2.24) is 5.32 Å². The van der Waals surface area contributed by atoms with Gasteiger partial charge in [0.2, 0.25) is 0 Å². The predicted molar refractivity (Wildman–Crippen MR) is 69.5 cm³/mol. The van der Waals surface area contributed by atoms with Gasteiger partial charge in [-0.05, 0) is 37.7 Å². The number of hydrogen-bond acceptors (Lipinski definition) is 2. The highest BCUT2D eigenvalue weighted by Crippen LogP contribution is 2.48. The second-order valence-corrected chi connectivity index (χ2v) is 5.35. The molecule has 0 spiro atoms. The summed E-state index contributed by atoms with van der Waals surface area (Å²) in [5.41, 5.74) is 2.90. The van der Waals surface area contributed by atoms with Crippen LogP contribution in [0.3, 0.4) is 0 Å². The molecule has 1 fully saturated rings. The van der Waals surface area contributed by atoms with Crippen LogP contribution in [0.4, 0.5) is 0 Å². The summed E-state index contributed by atoms with van der Waals surface area (Å²) in [5.74, 6) is 0. The lowest BCUT2D eigenvalue weighted by Gasteiger charge is -2.18. The Labute approximate surface area is 104 Å². The molecule has 0 saturated heterocycles. The van der Waals surface area contributed by atoms with E-state index in [2.05, 4.69) is 49.5 Å². The van der Waals surface area contributed by atoms with Crippen LogP contribution < -0.4 is 5.32 Å². The van der Waals surface area contributed by atoms with E-state index in [0.717, 1.165) is 6.54 Å². The summed E-state index contributed by atoms with van der Waals surface area (Å²) in [6, 6.07) is 11.3. The maximum atomic E-state index is 8.78. The third-order valence-electron chi connectivity index (χ3n) is 3.77. The molecule has 90 valence electrons. The van der Waals surface area contributed by atoms with Crippen molar-refractivity contribution in [3.63, 3.8) is 0 Å². The van der Waals surface area contributed by atoms with Crippen molar-refractivity contribution in [2.75, 3.05) is 6.54 Å². The van der Waals surface area contributed by atoms with Gasteiger partial charge in [0.1, 0.15) is 0 Å². The molecule has 2 nitrogen and oxygen atoms in total. The summed E-state index contributed by atoms with van der Waals surface area (Å²) in [6.45, 7) is 5.26. The largest absolute Gasteiger partial charge is 0.310 e. The zero-order chi connectivity index (χ0) is 12.3. The molecular weight excluding hydrogens is 208 g/mol. The third-order valence-corrected chi connectivity index (χ3v) is 3.77. The minimum absolute atomic E-state index is 0.285. The van der Waals surface area contributed by atoms with Crippen molar-refractivity contribution in [1.29, 1.82) is 5.26 Å². The van der Waals surface area contributed by atoms with Gasteiger partial charge >= 0.3 is 0 Å². The minimum atomic E-state index is 0.285. The van der Waals surface area contributed by atoms with E-state index in [4.69, 9.17) is 5.26 Å². The molecule has 1 aromatic carbocycles. The fourth-order valence-electron chi connectivity index (χ4n) is 2.10. The molecule has 0 bridgehead atoms. The fourth-order valence-corrected chi connectivity index (χ4v) is 2.10. The van der Waals surface area contributed by atoms with Crippen LogP contribution in [0.15, 0.2) is 24.3 Å². The molecule has 0 amide bonds. The first-order valence-corrected chi connectivity index (χ1v) is 6.32. The Bertz CT molecular complexity index is 410. The monoisotopic (exact) mass is 228 g/mol. The summed E-state index contributed by atoms with van der Waals surface area (Å²) in [5, 5.41) is 12.3. The van der Waals surface area contributed by atoms with E-state index in [9.17, 15) is 0 Å². The van der Waals surface area contributed by atoms with E-state index < -0.39 is 0 Å². The van der Waals surface area contributed by atoms with Crippen molar-refractivity contribution in [3.8, 4) is 6.07 Å². The fraction of sp³-hybridized carbons (Fsp3) is 0.533. The Morgan fingerprint density at radius 1 is 1.35 bits per heavy atom. The quantitative estimate of drug-likeness (QED) is 0.839. The second-order valence-electron chi connectivity index (χ2n) is 5.35. The smallest absolute Gasteiger partial charge is 0.0628 e. The molecule has 1 N–H and O–H groups in total. The van der Waals surface area contributed by atoms with Crippen LogP contribution in [-0.4, -0.2) is 6.54 Å². The van der Waals surface area contributed by atoms with Crippen LogP contribution in [0.1, 0.15) is 43.4 Å². The molecule has 0 heterocycles. The number of hydrogen-bond donors (Lipinski definition) is 1. The number of nitriles is 1. The van der Waals surface area contributed by atoms with Gasteiger partial charge in [-0.15, -0.1) is 0 Å². The standard InChI is InChI=1S/C15H20N2/c1-12-3-5-14(6-4-12)13(2)17-11-15(7-8-15)9-10-16/h3-6,13,17H,7-9,11H2,1-2H3/t13-/m1/s1. The number of rotatable bonds is 5. The maximum Gasteiger partial charge on any atom is 0.0628 e. The number of nitrogens with one attached hydrogen (secondary N) is 1. The zero-order valence-corrected chi connectivity index (χ0v) is 10.7. The lowest BCUT2D eigenvalue weighted by Crippen LogP contribution is -2.26. The predicted octanol–water partition coefficient (Wildman–Crippen LogP) is 3.34. The van der Waals surface area contributed by atoms with E-state index >= 15 is 0 Å². The topological polar surface area (TPSA) is 35.8 Å². The Balaban J connectivity index is 1.87. The maximum absolute atomic E-state index is 8.78. The van der Waals surface area contributed by atoms with Gasteiger partial charge in [-0.1, -0.05) is 29.8 Å². The third kappa shape index (κ3) is 3.08. The van der Waals surface area contributed by atoms with E-state index in [1.165, 1.54) is 24.0 Å². The van der Waals surface area contributed by atoms with Gasteiger partial charge in [-0.3, -0.25) is 0 Å². The first-order chi connectivity index (χ1) is 8.15. The van der Waals surface area contributed by atoms with Gasteiger partial charge in [0, 0.05) is 19.0 Å². The van der Waals surface area contributed by atoms with Gasteiger partial charge in [-0.2, -0.15) is 5.26 Å². The van der Waals surface area contributed by atoms with Crippen LogP contribution >= 0.6 is 0 Å². The molecular formula is C15H20N2. The highest BCUT2D eigenvalue weighted by Gasteiger charge is 2.42. The lowest BCUT2D eigenvalue weighted by molar-refractivity contribution is 0.433. The lowest BCUT2D eigenvalue weighted by atomic mass is 10.0. The molecule has 1 atom stereocenters. The highest BCUT2D eigenvalue weighted by molar-refractivity contribution is 5.23. The number of aryl methyl sites for hydroxylation is 1. The Hall–Kier alpha value is -1.33. The average Bonchev–Trinajstić information content (AvgIpc) is 3.08. The van der Waals surface area contributed by atoms with Crippen LogP contribution in [-0.2, 0) is 0 Å². The first-order valence-electron chi connectivity index (χ1n) is 6.32. The first kappa shape index (κ1) is 12.1. The van der Waals surface area contributed by atoms with Crippen molar-refractivity contribution in [2.24, 2.45) is 5.41 Å². The SMILES string of the molecule is Cc1ccc([C@@H](C)NCC2(CC#N)CC2)cc1. The molecule has 1 aromatic rings. The molecule has 17 heavy (non-hydrogen) atoms. The Kier molecular flexibility index (Phi) is 3.49. The van der Waals surface area contributed by atoms with E-state index in [1.807, 2.05) is 0 Å². The number of nitrogens with zero attached hydrogens (tertiary/aromatic N) is 1. The summed E-state index contributed by atoms with van der Waals surface area (Å²) in [7, 11) is 0. The van der Waals surface area contributed by atoms with Gasteiger partial charge in [0.15, 0.2) is 0 Å². The van der Waals surface area contributed by atoms with Crippen molar-refractivity contribution in [3.05, 3.63) is 35.4 Å². The summed E-state index contributed by atoms with van der Waals surface area (Å²) in [6.07, 6.45) is 3.10. The van der Waals surface area contributed by atoms with E-state index in [-0.39, 0.29) is 5.41 Å². The molecule has 0 aromatic heterocycles. The van der Waals surface area contributed by atoms with E-state index in [1.54, 1.807) is 0 Å². The van der Waals surface area contributed by atoms with Gasteiger partial charge in [0.25, 0.3) is 0 Å². The summed E-state index contributed by atoms with van der Waals surface area (Å²) < 4.78 is 0. The molecule has 1 aliphatic rings. The van der Waals surface area contributed by atoms with Crippen molar-refractivity contribution >= 4 is 0 Å². The van der Waals surface area contributed by atoms with Gasteiger partial charge in [0.05, 0.1) is 6.07 Å². The zero-order valence-electron chi connectivity index (χ0n) is 10.7. The number of benzene rings is 1. The van der Waals surface area contributed by atoms with Crippen molar-refractivity contribution < 1.29 is 0 Å². The molecule has 2 rings (SSSR count). The van der Waals surface area contributed by atoms with Crippen LogP contribution in [0.2, 0.25) is 0 Å². The molecule has 1 aliphatic carbocycles. The molecule has 0 aliphatic heterocycles. The second kappa shape index (κ2) is 4.89. The Morgan fingerprint density at radius 3 is 2.53 bits per heavy atom. The highest BCUT2D eigenvalue weighted by atomic mass is 14.9. The Morgan fingerprint density at radius 2 is 2.00 bits per heavy atom. The molecule has 1 saturated carbocycles. The van der Waals surface area contributed by atoms with Crippen LogP contribution in [0.25, 0.3) is 0 Å². The summed E-state index contributed by atoms with van der Waals surface area (Å²) >= 11 is 0. The van der Waals surface area contributed by atoms with Crippen LogP contribution in [0.5, 0.6) is 0 Å². The van der Waals surface area contributed by atoms with Crippen molar-refractivity contribution in [2.45, 2.75) is 39.2 Å². The molecule has 0 radical (unpaired) electrons. The normalized spacial score (nSPS) is 18.4. The van der Waals surface area contributed by atoms with Crippen LogP contribution in [0, 0.1) is 23.7 Å². The molecule has 0 unspecified atom stereocenters. The van der Waals surface area contributed by atoms with E-state index in [0.29, 0.717) is 12.5 Å². The summed E-state index contributed by atoms with van der Waals surface area (Å²) in [4.78, 5) is 0. The average molecular weight is 228 g/mol. The minimum Gasteiger partial charge on any atom is -0.310 e. The van der Waals surface area contributed by atoms with Gasteiger partial charge < -0.3 is 5.32 Å².